The molecule has 0 unspecified atom stereocenters. The summed E-state index contributed by atoms with van der Waals surface area (Å²) in [7, 11) is 1.92. The van der Waals surface area contributed by atoms with Crippen LogP contribution in [0.1, 0.15) is 23.3 Å². The molecule has 0 spiro atoms. The standard InChI is InChI=1S/C36H28ClN5O5.7H2/c1-5-8-9-10-11-12-13-36(47-35(44)7-3)46-31-22-23-33(32(37)26-31)41-40-28-16-14-27(15-17-28)38-39-29-18-20-30(21-19-29)42(4)24-25-45-34(43)6-2;;;;;;;/h7,14-23,26H,1,3,6,24-25H2,2,4H3;7*1H. The lowest BCUT2D eigenvalue weighted by molar-refractivity contribution is -0.143. The number of azo groups is 2. The number of ether oxygens (including phenoxy) is 3. The molecule has 0 N–H and O–H groups in total. The summed E-state index contributed by atoms with van der Waals surface area (Å²) < 4.78 is 15.7. The molecule has 0 aliphatic heterocycles. The summed E-state index contributed by atoms with van der Waals surface area (Å²) in [6.45, 7) is 9.36. The largest absolute Gasteiger partial charge is 0.464 e. The molecule has 0 aliphatic carbocycles. The highest BCUT2D eigenvalue weighted by atomic mass is 35.5. The zero-order chi connectivity index (χ0) is 33.9. The van der Waals surface area contributed by atoms with E-state index in [2.05, 4.69) is 73.7 Å². The molecule has 0 atom stereocenters. The van der Waals surface area contributed by atoms with Crippen LogP contribution in [0.2, 0.25) is 5.02 Å². The van der Waals surface area contributed by atoms with Crippen LogP contribution in [0.15, 0.2) is 152 Å². The second-order valence-electron chi connectivity index (χ2n) is 8.98. The Morgan fingerprint density at radius 1 is 0.894 bits per heavy atom. The minimum atomic E-state index is -0.768. The maximum Gasteiger partial charge on any atom is 0.350 e. The van der Waals surface area contributed by atoms with Gasteiger partial charge in [0.15, 0.2) is 0 Å². The molecule has 0 radical (unpaired) electrons. The van der Waals surface area contributed by atoms with Crippen LogP contribution >= 0.6 is 11.6 Å². The van der Waals surface area contributed by atoms with Crippen molar-refractivity contribution >= 4 is 52.0 Å². The van der Waals surface area contributed by atoms with Crippen molar-refractivity contribution in [1.82, 2.24) is 0 Å². The Labute approximate surface area is 287 Å². The predicted molar refractivity (Wildman–Crippen MR) is 193 cm³/mol. The topological polar surface area (TPSA) is 115 Å². The average Bonchev–Trinajstić information content (AvgIpc) is 3.08. The number of esters is 2. The molecule has 0 saturated heterocycles. The first kappa shape index (κ1) is 35.1. The number of nitrogens with zero attached hydrogens (tertiary/aromatic N) is 5. The lowest BCUT2D eigenvalue weighted by Crippen LogP contribution is -2.23. The summed E-state index contributed by atoms with van der Waals surface area (Å²) in [6.07, 6.45) is 1.32. The van der Waals surface area contributed by atoms with Crippen molar-refractivity contribution in [2.75, 3.05) is 25.1 Å². The third-order valence-electron chi connectivity index (χ3n) is 5.67. The monoisotopic (exact) mass is 659 g/mol. The maximum absolute atomic E-state index is 11.7. The van der Waals surface area contributed by atoms with E-state index in [1.54, 1.807) is 43.3 Å². The van der Waals surface area contributed by atoms with E-state index in [0.717, 1.165) is 11.8 Å². The van der Waals surface area contributed by atoms with E-state index >= 15 is 0 Å². The van der Waals surface area contributed by atoms with Gasteiger partial charge < -0.3 is 19.1 Å². The summed E-state index contributed by atoms with van der Waals surface area (Å²) in [6, 6.07) is 19.1. The highest BCUT2D eigenvalue weighted by Crippen LogP contribution is 2.32. The SMILES string of the molecule is C=C=C=C=C=C=C=C=C(OC(=O)C=C)Oc1ccc(N=Nc2ccc(N=Nc3ccc(N(C)CCOC(=O)CC)cc3)cc2)c(Cl)c1.[HH].[HH].[HH].[HH].[HH].[HH].[HH]. The fourth-order valence-electron chi connectivity index (χ4n) is 3.28. The van der Waals surface area contributed by atoms with Crippen LogP contribution in [0.5, 0.6) is 5.75 Å². The van der Waals surface area contributed by atoms with Gasteiger partial charge in [-0.05, 0) is 95.9 Å². The number of hydrogen-bond acceptors (Lipinski definition) is 10. The van der Waals surface area contributed by atoms with Gasteiger partial charge in [-0.3, -0.25) is 4.79 Å². The Bertz CT molecular complexity index is 1970. The number of rotatable bonds is 13. The molecule has 0 fully saturated rings. The summed E-state index contributed by atoms with van der Waals surface area (Å²) in [5.74, 6) is -1.08. The normalized spacial score (nSPS) is 9.85. The van der Waals surface area contributed by atoms with Crippen LogP contribution < -0.4 is 9.64 Å². The van der Waals surface area contributed by atoms with Crippen molar-refractivity contribution in [3.8, 4) is 5.75 Å². The summed E-state index contributed by atoms with van der Waals surface area (Å²) >= 11 is 6.38. The minimum Gasteiger partial charge on any atom is -0.464 e. The Morgan fingerprint density at radius 2 is 1.49 bits per heavy atom. The van der Waals surface area contributed by atoms with Gasteiger partial charge in [-0.15, -0.1) is 5.11 Å². The molecule has 3 aromatic rings. The first-order valence-electron chi connectivity index (χ1n) is 13.9. The Morgan fingerprint density at radius 3 is 2.09 bits per heavy atom. The highest BCUT2D eigenvalue weighted by Gasteiger charge is 2.09. The molecule has 3 aromatic carbocycles. The zero-order valence-corrected chi connectivity index (χ0v) is 26.4. The van der Waals surface area contributed by atoms with E-state index in [9.17, 15) is 9.59 Å². The second-order valence-corrected chi connectivity index (χ2v) is 9.39. The highest BCUT2D eigenvalue weighted by molar-refractivity contribution is 6.33. The van der Waals surface area contributed by atoms with Gasteiger partial charge in [0, 0.05) is 47.0 Å². The predicted octanol–water partition coefficient (Wildman–Crippen LogP) is 10.9. The number of likely N-dealkylation sites (N-methyl/N-ethyl adjacent to an activating group) is 1. The van der Waals surface area contributed by atoms with Gasteiger partial charge in [0.1, 0.15) is 18.0 Å². The lowest BCUT2D eigenvalue weighted by Gasteiger charge is -2.19. The van der Waals surface area contributed by atoms with Gasteiger partial charge in [0.25, 0.3) is 0 Å². The molecule has 248 valence electrons. The van der Waals surface area contributed by atoms with E-state index in [1.807, 2.05) is 36.2 Å². The molecular weight excluding hydrogens is 618 g/mol. The molecule has 0 heterocycles. The fourth-order valence-corrected chi connectivity index (χ4v) is 3.49. The van der Waals surface area contributed by atoms with Crippen molar-refractivity contribution < 1.29 is 33.8 Å². The van der Waals surface area contributed by atoms with Crippen LogP contribution in [0.25, 0.3) is 0 Å². The third kappa shape index (κ3) is 12.6. The van der Waals surface area contributed by atoms with E-state index in [-0.39, 0.29) is 32.7 Å². The first-order chi connectivity index (χ1) is 22.8. The Kier molecular flexibility index (Phi) is 14.3. The molecule has 47 heavy (non-hydrogen) atoms. The van der Waals surface area contributed by atoms with E-state index in [0.29, 0.717) is 42.3 Å². The van der Waals surface area contributed by atoms with Gasteiger partial charge in [-0.2, -0.15) is 15.3 Å². The lowest BCUT2D eigenvalue weighted by atomic mass is 10.2. The average molecular weight is 660 g/mol. The van der Waals surface area contributed by atoms with Crippen molar-refractivity contribution in [2.45, 2.75) is 13.3 Å². The number of anilines is 1. The van der Waals surface area contributed by atoms with Crippen molar-refractivity contribution in [2.24, 2.45) is 20.5 Å². The van der Waals surface area contributed by atoms with Crippen molar-refractivity contribution in [1.29, 1.82) is 0 Å². The molecule has 0 saturated carbocycles. The van der Waals surface area contributed by atoms with Gasteiger partial charge in [-0.25, -0.2) is 4.79 Å². The van der Waals surface area contributed by atoms with Crippen LogP contribution in [0.3, 0.4) is 0 Å². The van der Waals surface area contributed by atoms with Crippen LogP contribution in [-0.2, 0) is 19.1 Å². The zero-order valence-electron chi connectivity index (χ0n) is 25.6. The quantitative estimate of drug-likeness (QED) is 0.0593. The molecule has 3 rings (SSSR count). The van der Waals surface area contributed by atoms with Crippen LogP contribution in [0, 0.1) is 0 Å². The number of halogens is 1. The Balaban J connectivity index is -0.00000114. The van der Waals surface area contributed by atoms with E-state index in [1.165, 1.54) is 6.07 Å². The molecule has 10 nitrogen and oxygen atoms in total. The van der Waals surface area contributed by atoms with Crippen LogP contribution in [0.4, 0.5) is 28.4 Å². The van der Waals surface area contributed by atoms with Crippen LogP contribution in [-0.4, -0.2) is 32.1 Å². The fraction of sp³-hybridized carbons (Fsp3) is 0.139. The molecule has 0 amide bonds. The number of carbonyl (C=O) groups is 2. The number of carbonyl (C=O) groups excluding carboxylic acids is 2. The molecule has 0 aromatic heterocycles. The number of hydrogen-bond donors (Lipinski definition) is 0. The molecule has 0 bridgehead atoms. The smallest absolute Gasteiger partial charge is 0.350 e. The van der Waals surface area contributed by atoms with E-state index < -0.39 is 5.97 Å². The second kappa shape index (κ2) is 19.1. The third-order valence-corrected chi connectivity index (χ3v) is 5.97. The molecule has 11 heteroatoms. The van der Waals surface area contributed by atoms with Gasteiger partial charge >= 0.3 is 17.9 Å². The maximum atomic E-state index is 11.7. The first-order valence-corrected chi connectivity index (χ1v) is 14.3. The molecule has 0 aliphatic rings. The summed E-state index contributed by atoms with van der Waals surface area (Å²) in [5.41, 5.74) is 20.4. The number of benzene rings is 3. The Hall–Kier alpha value is -6.37. The van der Waals surface area contributed by atoms with Gasteiger partial charge in [0.2, 0.25) is 0 Å². The summed E-state index contributed by atoms with van der Waals surface area (Å²) in [4.78, 5) is 25.0. The van der Waals surface area contributed by atoms with E-state index in [4.69, 9.17) is 25.8 Å². The summed E-state index contributed by atoms with van der Waals surface area (Å²) in [5, 5.41) is 17.2. The van der Waals surface area contributed by atoms with Gasteiger partial charge in [-0.1, -0.05) is 30.8 Å². The van der Waals surface area contributed by atoms with Crippen molar-refractivity contribution in [3.63, 3.8) is 0 Å². The molecular formula is C36H42ClN5O5. The van der Waals surface area contributed by atoms with Gasteiger partial charge in [0.05, 0.1) is 28.6 Å². The van der Waals surface area contributed by atoms with Crippen molar-refractivity contribution in [3.05, 3.63) is 137 Å². The minimum absolute atomic E-state index is 0.